The van der Waals surface area contributed by atoms with Crippen molar-refractivity contribution in [3.63, 3.8) is 0 Å². The number of rotatable bonds is 16. The lowest BCUT2D eigenvalue weighted by molar-refractivity contribution is -0.204. The fourth-order valence-corrected chi connectivity index (χ4v) is 5.54. The molecule has 1 aromatic rings. The van der Waals surface area contributed by atoms with Crippen LogP contribution in [-0.2, 0) is 38.3 Å². The molecule has 5 heteroatoms. The molecule has 0 amide bonds. The third kappa shape index (κ3) is 10.5. The molecule has 0 aromatic heterocycles. The monoisotopic (exact) mass is 514 g/mol. The highest BCUT2D eigenvalue weighted by Crippen LogP contribution is 2.31. The SMILES string of the molecule is C=C(C)C(=O)OCC(CO)CCCCC1OCC(CCC2CCc3cc(CCCCC)ccc3C2)CO1. The highest BCUT2D eigenvalue weighted by Gasteiger charge is 2.25. The van der Waals surface area contributed by atoms with Crippen molar-refractivity contribution in [3.05, 3.63) is 47.0 Å². The highest BCUT2D eigenvalue weighted by molar-refractivity contribution is 5.86. The molecule has 208 valence electrons. The normalized spacial score (nSPS) is 22.3. The molecule has 2 aliphatic rings. The standard InChI is InChI=1S/C32H50O5/c1-4-5-6-9-25-14-16-30-19-26(15-17-29(30)18-25)12-13-28-22-35-31(36-23-28)11-8-7-10-27(20-33)21-37-32(34)24(2)3/h14,16,18,26-28,31,33H,2,4-13,15,17,19-23H2,1,3H3. The number of hydrogen-bond acceptors (Lipinski definition) is 5. The number of unbranched alkanes of at least 4 members (excludes halogenated alkanes) is 3. The number of esters is 1. The first-order chi connectivity index (χ1) is 18.0. The number of fused-ring (bicyclic) bond motifs is 1. The Kier molecular flexibility index (Phi) is 13.2. The molecule has 2 unspecified atom stereocenters. The molecule has 5 nitrogen and oxygen atoms in total. The van der Waals surface area contributed by atoms with Gasteiger partial charge in [0.15, 0.2) is 6.29 Å². The number of benzene rings is 1. The molecule has 0 saturated carbocycles. The van der Waals surface area contributed by atoms with Gasteiger partial charge in [-0.3, -0.25) is 0 Å². The summed E-state index contributed by atoms with van der Waals surface area (Å²) in [5.74, 6) is 0.864. The summed E-state index contributed by atoms with van der Waals surface area (Å²) in [5, 5.41) is 9.53. The largest absolute Gasteiger partial charge is 0.462 e. The zero-order chi connectivity index (χ0) is 26.5. The van der Waals surface area contributed by atoms with Crippen LogP contribution < -0.4 is 0 Å². The van der Waals surface area contributed by atoms with Crippen LogP contribution in [-0.4, -0.2) is 43.8 Å². The van der Waals surface area contributed by atoms with Crippen molar-refractivity contribution >= 4 is 5.97 Å². The van der Waals surface area contributed by atoms with Crippen molar-refractivity contribution in [1.82, 2.24) is 0 Å². The fraction of sp³-hybridized carbons (Fsp3) is 0.719. The summed E-state index contributed by atoms with van der Waals surface area (Å²) in [6, 6.07) is 7.24. The molecule has 1 fully saturated rings. The zero-order valence-corrected chi connectivity index (χ0v) is 23.3. The van der Waals surface area contributed by atoms with Crippen LogP contribution in [0.4, 0.5) is 0 Å². The second-order valence-corrected chi connectivity index (χ2v) is 11.4. The number of carbonyl (C=O) groups is 1. The summed E-state index contributed by atoms with van der Waals surface area (Å²) in [6.45, 7) is 9.34. The van der Waals surface area contributed by atoms with Crippen LogP contribution in [0.2, 0.25) is 0 Å². The lowest BCUT2D eigenvalue weighted by atomic mass is 9.80. The summed E-state index contributed by atoms with van der Waals surface area (Å²) in [5.41, 5.74) is 5.08. The predicted octanol–water partition coefficient (Wildman–Crippen LogP) is 6.58. The topological polar surface area (TPSA) is 65.0 Å². The summed E-state index contributed by atoms with van der Waals surface area (Å²) in [4.78, 5) is 11.5. The molecular weight excluding hydrogens is 464 g/mol. The molecule has 2 atom stereocenters. The molecule has 1 aliphatic carbocycles. The van der Waals surface area contributed by atoms with Gasteiger partial charge in [0.05, 0.1) is 19.8 Å². The van der Waals surface area contributed by atoms with E-state index in [0.717, 1.165) is 44.8 Å². The minimum Gasteiger partial charge on any atom is -0.462 e. The van der Waals surface area contributed by atoms with Crippen LogP contribution in [0.15, 0.2) is 30.4 Å². The third-order valence-corrected chi connectivity index (χ3v) is 8.05. The lowest BCUT2D eigenvalue weighted by Crippen LogP contribution is -2.32. The molecule has 37 heavy (non-hydrogen) atoms. The van der Waals surface area contributed by atoms with Crippen molar-refractivity contribution < 1.29 is 24.1 Å². The molecule has 1 saturated heterocycles. The molecule has 1 heterocycles. The van der Waals surface area contributed by atoms with E-state index in [0.29, 0.717) is 11.5 Å². The minimum atomic E-state index is -0.392. The van der Waals surface area contributed by atoms with Crippen molar-refractivity contribution in [1.29, 1.82) is 0 Å². The Morgan fingerprint density at radius 2 is 1.86 bits per heavy atom. The second-order valence-electron chi connectivity index (χ2n) is 11.4. The maximum absolute atomic E-state index is 11.5. The first-order valence-corrected chi connectivity index (χ1v) is 14.8. The van der Waals surface area contributed by atoms with E-state index < -0.39 is 5.97 Å². The summed E-state index contributed by atoms with van der Waals surface area (Å²) >= 11 is 0. The number of carbonyl (C=O) groups excluding carboxylic acids is 1. The lowest BCUT2D eigenvalue weighted by Gasteiger charge is -2.31. The molecule has 1 aliphatic heterocycles. The van der Waals surface area contributed by atoms with Gasteiger partial charge in [-0.25, -0.2) is 4.79 Å². The highest BCUT2D eigenvalue weighted by atomic mass is 16.7. The van der Waals surface area contributed by atoms with E-state index >= 15 is 0 Å². The molecule has 1 N–H and O–H groups in total. The summed E-state index contributed by atoms with van der Waals surface area (Å²) < 4.78 is 17.2. The van der Waals surface area contributed by atoms with Gasteiger partial charge in [-0.2, -0.15) is 0 Å². The average molecular weight is 515 g/mol. The van der Waals surface area contributed by atoms with Gasteiger partial charge < -0.3 is 19.3 Å². The van der Waals surface area contributed by atoms with Gasteiger partial charge >= 0.3 is 5.97 Å². The van der Waals surface area contributed by atoms with Crippen molar-refractivity contribution in [2.75, 3.05) is 26.4 Å². The van der Waals surface area contributed by atoms with Crippen LogP contribution >= 0.6 is 0 Å². The van der Waals surface area contributed by atoms with Crippen molar-refractivity contribution in [2.24, 2.45) is 17.8 Å². The van der Waals surface area contributed by atoms with Crippen LogP contribution in [0.5, 0.6) is 0 Å². The van der Waals surface area contributed by atoms with Crippen molar-refractivity contribution in [2.45, 2.75) is 104 Å². The van der Waals surface area contributed by atoms with E-state index in [2.05, 4.69) is 31.7 Å². The van der Waals surface area contributed by atoms with E-state index in [9.17, 15) is 9.90 Å². The number of aliphatic hydroxyl groups is 1. The van der Waals surface area contributed by atoms with Gasteiger partial charge in [0.25, 0.3) is 0 Å². The molecule has 0 spiro atoms. The number of ether oxygens (including phenoxy) is 3. The van der Waals surface area contributed by atoms with E-state index in [4.69, 9.17) is 14.2 Å². The minimum absolute atomic E-state index is 0.0221. The van der Waals surface area contributed by atoms with Crippen LogP contribution in [0, 0.1) is 17.8 Å². The maximum Gasteiger partial charge on any atom is 0.333 e. The Morgan fingerprint density at radius 1 is 1.08 bits per heavy atom. The number of aliphatic hydroxyl groups excluding tert-OH is 1. The van der Waals surface area contributed by atoms with Crippen LogP contribution in [0.25, 0.3) is 0 Å². The Hall–Kier alpha value is -1.69. The number of aryl methyl sites for hydroxylation is 2. The Labute approximate surface area is 225 Å². The van der Waals surface area contributed by atoms with Gasteiger partial charge in [0.1, 0.15) is 0 Å². The average Bonchev–Trinajstić information content (AvgIpc) is 2.92. The quantitative estimate of drug-likeness (QED) is 0.153. The Balaban J connectivity index is 1.26. The van der Waals surface area contributed by atoms with Gasteiger partial charge in [0.2, 0.25) is 0 Å². The fourth-order valence-electron chi connectivity index (χ4n) is 5.54. The molecule has 0 radical (unpaired) electrons. The smallest absolute Gasteiger partial charge is 0.333 e. The van der Waals surface area contributed by atoms with Crippen LogP contribution in [0.3, 0.4) is 0 Å². The summed E-state index contributed by atoms with van der Waals surface area (Å²) in [7, 11) is 0. The molecule has 0 bridgehead atoms. The molecular formula is C32H50O5. The van der Waals surface area contributed by atoms with E-state index in [1.807, 2.05) is 0 Å². The van der Waals surface area contributed by atoms with Gasteiger partial charge in [-0.15, -0.1) is 0 Å². The first kappa shape index (κ1) is 29.9. The van der Waals surface area contributed by atoms with Gasteiger partial charge in [-0.05, 0) is 93.7 Å². The van der Waals surface area contributed by atoms with Gasteiger partial charge in [-0.1, -0.05) is 51.0 Å². The zero-order valence-electron chi connectivity index (χ0n) is 23.3. The van der Waals surface area contributed by atoms with Crippen molar-refractivity contribution in [3.8, 4) is 0 Å². The van der Waals surface area contributed by atoms with Gasteiger partial charge in [0, 0.05) is 24.0 Å². The Bertz CT molecular complexity index is 826. The van der Waals surface area contributed by atoms with E-state index in [1.165, 1.54) is 63.4 Å². The first-order valence-electron chi connectivity index (χ1n) is 14.8. The van der Waals surface area contributed by atoms with Crippen LogP contribution in [0.1, 0.15) is 94.7 Å². The molecule has 3 rings (SSSR count). The Morgan fingerprint density at radius 3 is 2.59 bits per heavy atom. The maximum atomic E-state index is 11.5. The molecule has 1 aromatic carbocycles. The third-order valence-electron chi connectivity index (χ3n) is 8.05. The van der Waals surface area contributed by atoms with E-state index in [-0.39, 0.29) is 25.4 Å². The predicted molar refractivity (Wildman–Crippen MR) is 148 cm³/mol. The summed E-state index contributed by atoms with van der Waals surface area (Å²) in [6.07, 6.45) is 14.9. The number of hydrogen-bond donors (Lipinski definition) is 1. The van der Waals surface area contributed by atoms with E-state index in [1.54, 1.807) is 18.1 Å². The second kappa shape index (κ2) is 16.3.